The van der Waals surface area contributed by atoms with Gasteiger partial charge in [-0.2, -0.15) is 0 Å². The first-order chi connectivity index (χ1) is 13.9. The second-order valence-corrected chi connectivity index (χ2v) is 6.58. The summed E-state index contributed by atoms with van der Waals surface area (Å²) in [5.74, 6) is 0.896. The third-order valence-corrected chi connectivity index (χ3v) is 4.14. The minimum Gasteiger partial charge on any atom is -0.497 e. The van der Waals surface area contributed by atoms with Gasteiger partial charge in [0.15, 0.2) is 0 Å². The van der Waals surface area contributed by atoms with E-state index in [1.165, 1.54) is 7.11 Å². The highest BCUT2D eigenvalue weighted by atomic mass is 16.5. The molecule has 2 amide bonds. The molecule has 0 aliphatic carbocycles. The van der Waals surface area contributed by atoms with Gasteiger partial charge in [-0.3, -0.25) is 20.4 Å². The van der Waals surface area contributed by atoms with Crippen LogP contribution in [0.1, 0.15) is 34.7 Å². The summed E-state index contributed by atoms with van der Waals surface area (Å²) >= 11 is 0. The van der Waals surface area contributed by atoms with Crippen LogP contribution in [0.15, 0.2) is 42.5 Å². The molecule has 0 aliphatic rings. The molecule has 29 heavy (non-hydrogen) atoms. The molecule has 0 radical (unpaired) electrons. The number of carbonyl (C=O) groups excluding carboxylic acids is 2. The minimum absolute atomic E-state index is 0.0452. The van der Waals surface area contributed by atoms with Crippen molar-refractivity contribution in [3.63, 3.8) is 0 Å². The van der Waals surface area contributed by atoms with Crippen LogP contribution >= 0.6 is 0 Å². The maximum Gasteiger partial charge on any atom is 0.286 e. The average molecular weight is 397 g/mol. The van der Waals surface area contributed by atoms with Gasteiger partial charge in [-0.25, -0.2) is 0 Å². The molecule has 1 heterocycles. The topological polar surface area (TPSA) is 102 Å². The summed E-state index contributed by atoms with van der Waals surface area (Å²) in [5, 5.41) is 0.749. The monoisotopic (exact) mass is 397 g/mol. The smallest absolute Gasteiger partial charge is 0.286 e. The SMILES string of the molecule is COc1cc(OC)c2[nH]c(C(=O)NNC(=O)c3ccc(OC(C)C)cc3)cc2c1. The number of aromatic amines is 1. The molecule has 0 saturated heterocycles. The van der Waals surface area contributed by atoms with Crippen LogP contribution in [0.2, 0.25) is 0 Å². The summed E-state index contributed by atoms with van der Waals surface area (Å²) in [5.41, 5.74) is 6.12. The highest BCUT2D eigenvalue weighted by molar-refractivity contribution is 6.02. The average Bonchev–Trinajstić information content (AvgIpc) is 3.15. The molecule has 8 heteroatoms. The minimum atomic E-state index is -0.490. The summed E-state index contributed by atoms with van der Waals surface area (Å²) in [6, 6.07) is 11.8. The number of hydrogen-bond acceptors (Lipinski definition) is 5. The normalized spacial score (nSPS) is 10.7. The first kappa shape index (κ1) is 20.1. The number of H-pyrrole nitrogens is 1. The Morgan fingerprint density at radius 2 is 1.59 bits per heavy atom. The number of fused-ring (bicyclic) bond motifs is 1. The summed E-state index contributed by atoms with van der Waals surface area (Å²) in [7, 11) is 3.09. The van der Waals surface area contributed by atoms with Gasteiger partial charge in [0.1, 0.15) is 22.9 Å². The van der Waals surface area contributed by atoms with Crippen LogP contribution in [-0.2, 0) is 0 Å². The Hall–Kier alpha value is -3.68. The fraction of sp³-hybridized carbons (Fsp3) is 0.238. The number of ether oxygens (including phenoxy) is 3. The van der Waals surface area contributed by atoms with Crippen molar-refractivity contribution in [2.24, 2.45) is 0 Å². The van der Waals surface area contributed by atoms with Crippen LogP contribution in [0.5, 0.6) is 17.2 Å². The van der Waals surface area contributed by atoms with E-state index in [-0.39, 0.29) is 11.8 Å². The van der Waals surface area contributed by atoms with Gasteiger partial charge in [-0.05, 0) is 50.2 Å². The molecule has 152 valence electrons. The van der Waals surface area contributed by atoms with Gasteiger partial charge in [0.2, 0.25) is 0 Å². The lowest BCUT2D eigenvalue weighted by atomic mass is 10.2. The van der Waals surface area contributed by atoms with Crippen molar-refractivity contribution in [3.05, 3.63) is 53.7 Å². The van der Waals surface area contributed by atoms with E-state index in [0.29, 0.717) is 28.3 Å². The lowest BCUT2D eigenvalue weighted by Gasteiger charge is -2.10. The van der Waals surface area contributed by atoms with Crippen molar-refractivity contribution in [3.8, 4) is 17.2 Å². The molecule has 1 aromatic heterocycles. The number of rotatable bonds is 6. The van der Waals surface area contributed by atoms with Crippen LogP contribution in [0, 0.1) is 0 Å². The van der Waals surface area contributed by atoms with Gasteiger partial charge in [-0.15, -0.1) is 0 Å². The van der Waals surface area contributed by atoms with Gasteiger partial charge in [-0.1, -0.05) is 0 Å². The van der Waals surface area contributed by atoms with Crippen LogP contribution < -0.4 is 25.1 Å². The highest BCUT2D eigenvalue weighted by Crippen LogP contribution is 2.31. The van der Waals surface area contributed by atoms with Gasteiger partial charge >= 0.3 is 0 Å². The number of benzene rings is 2. The molecule has 0 bridgehead atoms. The van der Waals surface area contributed by atoms with Gasteiger partial charge in [0.25, 0.3) is 11.8 Å². The Balaban J connectivity index is 1.68. The Kier molecular flexibility index (Phi) is 5.92. The maximum atomic E-state index is 12.4. The molecule has 0 spiro atoms. The first-order valence-corrected chi connectivity index (χ1v) is 9.03. The van der Waals surface area contributed by atoms with E-state index in [4.69, 9.17) is 14.2 Å². The number of aromatic nitrogens is 1. The fourth-order valence-corrected chi connectivity index (χ4v) is 2.80. The number of hydrogen-bond donors (Lipinski definition) is 3. The fourth-order valence-electron chi connectivity index (χ4n) is 2.80. The summed E-state index contributed by atoms with van der Waals surface area (Å²) in [4.78, 5) is 27.7. The molecule has 8 nitrogen and oxygen atoms in total. The van der Waals surface area contributed by atoms with Crippen molar-refractivity contribution in [2.75, 3.05) is 14.2 Å². The van der Waals surface area contributed by atoms with Gasteiger partial charge in [0.05, 0.1) is 25.8 Å². The number of methoxy groups -OCH3 is 2. The maximum absolute atomic E-state index is 12.4. The molecule has 0 atom stereocenters. The Bertz CT molecular complexity index is 1020. The lowest BCUT2D eigenvalue weighted by Crippen LogP contribution is -2.41. The molecule has 2 aromatic carbocycles. The third kappa shape index (κ3) is 4.60. The molecule has 3 N–H and O–H groups in total. The van der Waals surface area contributed by atoms with E-state index < -0.39 is 11.8 Å². The summed E-state index contributed by atoms with van der Waals surface area (Å²) in [6.45, 7) is 3.84. The number of amides is 2. The quantitative estimate of drug-likeness (QED) is 0.555. The van der Waals surface area contributed by atoms with Crippen molar-refractivity contribution in [1.82, 2.24) is 15.8 Å². The van der Waals surface area contributed by atoms with Crippen molar-refractivity contribution >= 4 is 22.7 Å². The van der Waals surface area contributed by atoms with Crippen LogP contribution in [0.3, 0.4) is 0 Å². The highest BCUT2D eigenvalue weighted by Gasteiger charge is 2.15. The standard InChI is InChI=1S/C21H23N3O5/c1-12(2)29-15-7-5-13(6-8-15)20(25)23-24-21(26)17-10-14-9-16(27-3)11-18(28-4)19(14)22-17/h5-12,22H,1-4H3,(H,23,25)(H,24,26). The Labute approximate surface area is 168 Å². The van der Waals surface area contributed by atoms with Crippen molar-refractivity contribution < 1.29 is 23.8 Å². The van der Waals surface area contributed by atoms with E-state index in [1.807, 2.05) is 13.8 Å². The predicted octanol–water partition coefficient (Wildman–Crippen LogP) is 3.05. The molecule has 0 saturated carbocycles. The Morgan fingerprint density at radius 1 is 0.897 bits per heavy atom. The molecule has 3 aromatic rings. The van der Waals surface area contributed by atoms with Crippen LogP contribution in [0.4, 0.5) is 0 Å². The lowest BCUT2D eigenvalue weighted by molar-refractivity contribution is 0.0844. The van der Waals surface area contributed by atoms with Gasteiger partial charge in [0, 0.05) is 17.0 Å². The van der Waals surface area contributed by atoms with Crippen LogP contribution in [0.25, 0.3) is 10.9 Å². The summed E-state index contributed by atoms with van der Waals surface area (Å²) in [6.07, 6.45) is 0.0452. The zero-order valence-electron chi connectivity index (χ0n) is 16.7. The van der Waals surface area contributed by atoms with E-state index in [9.17, 15) is 9.59 Å². The van der Waals surface area contributed by atoms with Crippen molar-refractivity contribution in [1.29, 1.82) is 0 Å². The molecular formula is C21H23N3O5. The second-order valence-electron chi connectivity index (χ2n) is 6.58. The number of nitrogens with one attached hydrogen (secondary N) is 3. The molecule has 0 unspecified atom stereocenters. The molecule has 3 rings (SSSR count). The predicted molar refractivity (Wildman–Crippen MR) is 109 cm³/mol. The summed E-state index contributed by atoms with van der Waals surface area (Å²) < 4.78 is 16.1. The molecule has 0 fully saturated rings. The second kappa shape index (κ2) is 8.55. The van der Waals surface area contributed by atoms with E-state index in [0.717, 1.165) is 5.39 Å². The van der Waals surface area contributed by atoms with E-state index >= 15 is 0 Å². The zero-order chi connectivity index (χ0) is 21.0. The van der Waals surface area contributed by atoms with E-state index in [2.05, 4.69) is 15.8 Å². The number of hydrazine groups is 1. The zero-order valence-corrected chi connectivity index (χ0v) is 16.7. The van der Waals surface area contributed by atoms with Crippen LogP contribution in [-0.4, -0.2) is 37.1 Å². The first-order valence-electron chi connectivity index (χ1n) is 9.03. The third-order valence-electron chi connectivity index (χ3n) is 4.14. The van der Waals surface area contributed by atoms with Gasteiger partial charge < -0.3 is 19.2 Å². The molecular weight excluding hydrogens is 374 g/mol. The van der Waals surface area contributed by atoms with Crippen molar-refractivity contribution in [2.45, 2.75) is 20.0 Å². The number of carbonyl (C=O) groups is 2. The Morgan fingerprint density at radius 3 is 2.21 bits per heavy atom. The largest absolute Gasteiger partial charge is 0.497 e. The van der Waals surface area contributed by atoms with E-state index in [1.54, 1.807) is 49.6 Å². The molecule has 0 aliphatic heterocycles.